The van der Waals surface area contributed by atoms with Crippen LogP contribution in [0.25, 0.3) is 0 Å². The van der Waals surface area contributed by atoms with Crippen LogP contribution in [0.1, 0.15) is 71.6 Å². The second kappa shape index (κ2) is 30.3. The third kappa shape index (κ3) is 20.8. The summed E-state index contributed by atoms with van der Waals surface area (Å²) in [7, 11) is 0. The van der Waals surface area contributed by atoms with Crippen molar-refractivity contribution in [2.24, 2.45) is 17.6 Å². The number of rotatable bonds is 6. The Morgan fingerprint density at radius 3 is 1.91 bits per heavy atom. The van der Waals surface area contributed by atoms with Gasteiger partial charge in [0.15, 0.2) is 12.1 Å². The second-order valence-electron chi connectivity index (χ2n) is 17.9. The highest BCUT2D eigenvalue weighted by Gasteiger charge is 2.51. The maximum Gasteiger partial charge on any atom is 0.308 e. The van der Waals surface area contributed by atoms with Crippen molar-refractivity contribution in [3.63, 3.8) is 0 Å². The first kappa shape index (κ1) is 58.8. The molecule has 3 heterocycles. The number of fused-ring (bicyclic) bond motifs is 2. The Balaban J connectivity index is 1.91. The fourth-order valence-corrected chi connectivity index (χ4v) is 7.96. The minimum atomic E-state index is -2.35. The molecular formula is C48H76N2O18. The summed E-state index contributed by atoms with van der Waals surface area (Å²) in [5.41, 5.74) is 5.98. The Kier molecular flexibility index (Phi) is 26.2. The number of aliphatic hydroxyl groups is 12. The zero-order chi connectivity index (χ0) is 50.4. The Hall–Kier alpha value is -3.52. The summed E-state index contributed by atoms with van der Waals surface area (Å²) in [4.78, 5) is 26.2. The smallest absolute Gasteiger partial charge is 0.308 e. The fourth-order valence-electron chi connectivity index (χ4n) is 7.96. The van der Waals surface area contributed by atoms with E-state index < -0.39 is 154 Å². The summed E-state index contributed by atoms with van der Waals surface area (Å²) >= 11 is 0. The molecule has 386 valence electrons. The molecule has 0 radical (unpaired) electrons. The lowest BCUT2D eigenvalue weighted by Gasteiger charge is -2.46. The Morgan fingerprint density at radius 1 is 0.721 bits per heavy atom. The van der Waals surface area contributed by atoms with E-state index in [0.717, 1.165) is 0 Å². The third-order valence-electron chi connectivity index (χ3n) is 11.9. The first-order chi connectivity index (χ1) is 32.2. The molecule has 0 saturated carbocycles. The average Bonchev–Trinajstić information content (AvgIpc) is 3.26. The van der Waals surface area contributed by atoms with E-state index in [-0.39, 0.29) is 44.6 Å². The minimum absolute atomic E-state index is 0.117. The summed E-state index contributed by atoms with van der Waals surface area (Å²) in [5, 5.41) is 130. The SMILES string of the molecule is C[C@H]1C[C@H](O)[C@@H](C)/C=C/C=C/C=C/C=C/C=C/C=C/C=C/C(O[C@@H]2OC[C@@H](O)[C@H](N)[C@@H]2O)C[C@@H]2OC(O)(CC(O)CC(O)[C@H](O)CCC(O)CC(O)CC(=O)O1)C[C@H](O)C2C(=O)NC(CO)CO. The molecule has 0 spiro atoms. The molecule has 20 heteroatoms. The largest absolute Gasteiger partial charge is 0.462 e. The predicted molar refractivity (Wildman–Crippen MR) is 246 cm³/mol. The van der Waals surface area contributed by atoms with Crippen LogP contribution in [-0.4, -0.2) is 190 Å². The highest BCUT2D eigenvalue weighted by Crippen LogP contribution is 2.38. The van der Waals surface area contributed by atoms with Gasteiger partial charge in [-0.05, 0) is 26.2 Å². The molecule has 2 fully saturated rings. The molecule has 3 aliphatic rings. The Labute approximate surface area is 397 Å². The van der Waals surface area contributed by atoms with Gasteiger partial charge < -0.3 is 91.3 Å². The molecule has 0 aromatic heterocycles. The third-order valence-corrected chi connectivity index (χ3v) is 11.9. The van der Waals surface area contributed by atoms with Gasteiger partial charge in [0.2, 0.25) is 5.91 Å². The maximum atomic E-state index is 13.6. The number of allylic oxidation sites excluding steroid dienone is 12. The van der Waals surface area contributed by atoms with E-state index in [4.69, 9.17) is 24.7 Å². The zero-order valence-electron chi connectivity index (χ0n) is 38.8. The van der Waals surface area contributed by atoms with Gasteiger partial charge in [0.25, 0.3) is 0 Å². The molecule has 20 nitrogen and oxygen atoms in total. The van der Waals surface area contributed by atoms with Gasteiger partial charge in [-0.2, -0.15) is 0 Å². The number of esters is 1. The van der Waals surface area contributed by atoms with Crippen LogP contribution in [0.5, 0.6) is 0 Å². The van der Waals surface area contributed by atoms with Crippen LogP contribution in [0.15, 0.2) is 85.1 Å². The van der Waals surface area contributed by atoms with Gasteiger partial charge in [0.1, 0.15) is 12.2 Å². The van der Waals surface area contributed by atoms with Crippen molar-refractivity contribution in [1.29, 1.82) is 0 Å². The van der Waals surface area contributed by atoms with Gasteiger partial charge in [-0.15, -0.1) is 0 Å². The van der Waals surface area contributed by atoms with Gasteiger partial charge >= 0.3 is 5.97 Å². The number of amides is 1. The lowest BCUT2D eigenvalue weighted by Crippen LogP contribution is -2.60. The van der Waals surface area contributed by atoms with E-state index >= 15 is 0 Å². The molecule has 0 aromatic rings. The van der Waals surface area contributed by atoms with Crippen LogP contribution < -0.4 is 11.1 Å². The van der Waals surface area contributed by atoms with E-state index in [2.05, 4.69) is 5.32 Å². The molecule has 15 N–H and O–H groups in total. The van der Waals surface area contributed by atoms with Gasteiger partial charge in [0.05, 0.1) is 105 Å². The normalized spacial score (nSPS) is 41.9. The van der Waals surface area contributed by atoms with Crippen LogP contribution in [0.4, 0.5) is 0 Å². The van der Waals surface area contributed by atoms with Crippen molar-refractivity contribution >= 4 is 11.9 Å². The molecule has 2 bridgehead atoms. The van der Waals surface area contributed by atoms with E-state index in [1.807, 2.05) is 6.92 Å². The molecule has 3 aliphatic heterocycles. The van der Waals surface area contributed by atoms with E-state index in [0.29, 0.717) is 0 Å². The second-order valence-corrected chi connectivity index (χ2v) is 17.9. The molecule has 7 unspecified atom stereocenters. The quantitative estimate of drug-likeness (QED) is 0.134. The first-order valence-corrected chi connectivity index (χ1v) is 23.2. The van der Waals surface area contributed by atoms with Gasteiger partial charge in [-0.1, -0.05) is 92.0 Å². The lowest BCUT2D eigenvalue weighted by atomic mass is 9.82. The Morgan fingerprint density at radius 2 is 1.31 bits per heavy atom. The number of hydrogen-bond donors (Lipinski definition) is 14. The van der Waals surface area contributed by atoms with Crippen molar-refractivity contribution in [2.75, 3.05) is 19.8 Å². The van der Waals surface area contributed by atoms with Crippen LogP contribution in [0.3, 0.4) is 0 Å². The molecule has 3 rings (SSSR count). The molecule has 2 saturated heterocycles. The van der Waals surface area contributed by atoms with Crippen LogP contribution in [-0.2, 0) is 28.5 Å². The molecule has 1 amide bonds. The summed E-state index contributed by atoms with van der Waals surface area (Å²) in [6.45, 7) is 1.86. The molecular weight excluding hydrogens is 893 g/mol. The molecule has 0 aromatic carbocycles. The van der Waals surface area contributed by atoms with Crippen molar-refractivity contribution < 1.29 is 89.8 Å². The number of hydrogen-bond acceptors (Lipinski definition) is 19. The predicted octanol–water partition coefficient (Wildman–Crippen LogP) is -1.54. The molecule has 68 heavy (non-hydrogen) atoms. The Bertz CT molecular complexity index is 1700. The fraction of sp³-hybridized carbons (Fsp3) is 0.667. The number of carbonyl (C=O) groups is 2. The van der Waals surface area contributed by atoms with Crippen molar-refractivity contribution in [2.45, 2.75) is 169 Å². The lowest BCUT2D eigenvalue weighted by molar-refractivity contribution is -0.304. The standard InChI is InChI=1S/C48H76N2O18/c1-29-15-13-11-9-7-5-3-4-6-8-10-12-14-16-35(67-47-45(62)44(49)40(60)28-65-47)23-41-43(46(63)50-31(26-51)27-52)39(59)25-48(64,68-41)24-34(55)21-38(58)36(56)18-17-32(53)20-33(54)22-42(61)66-30(2)19-37(29)57/h3-16,29-41,43-45,47,51-60,62,64H,17-28,49H2,1-2H3,(H,50,63)/b4-3+,7-5+,8-6+,11-9+,12-10+,15-13+,16-14+/t29-,30-,32?,33?,34?,35?,36+,37-,38?,39-,40+,41-,43?,44-,45-,47-,48?/m0/s1. The first-order valence-electron chi connectivity index (χ1n) is 23.2. The monoisotopic (exact) mass is 969 g/mol. The van der Waals surface area contributed by atoms with Gasteiger partial charge in [-0.3, -0.25) is 9.59 Å². The summed E-state index contributed by atoms with van der Waals surface area (Å²) in [6.07, 6.45) is 4.38. The number of cyclic esters (lactones) is 1. The topological polar surface area (TPSA) is 352 Å². The summed E-state index contributed by atoms with van der Waals surface area (Å²) in [6, 6.07) is -2.26. The summed E-state index contributed by atoms with van der Waals surface area (Å²) < 4.78 is 23.1. The van der Waals surface area contributed by atoms with Crippen molar-refractivity contribution in [3.8, 4) is 0 Å². The van der Waals surface area contributed by atoms with E-state index in [1.165, 1.54) is 6.08 Å². The van der Waals surface area contributed by atoms with Crippen LogP contribution >= 0.6 is 0 Å². The number of carbonyl (C=O) groups excluding carboxylic acids is 2. The van der Waals surface area contributed by atoms with Crippen molar-refractivity contribution in [1.82, 2.24) is 5.32 Å². The average molecular weight is 969 g/mol. The highest BCUT2D eigenvalue weighted by atomic mass is 16.7. The zero-order valence-corrected chi connectivity index (χ0v) is 38.8. The van der Waals surface area contributed by atoms with Gasteiger partial charge in [-0.25, -0.2) is 0 Å². The number of nitrogens with one attached hydrogen (secondary N) is 1. The highest BCUT2D eigenvalue weighted by molar-refractivity contribution is 5.80. The van der Waals surface area contributed by atoms with Crippen LogP contribution in [0.2, 0.25) is 0 Å². The van der Waals surface area contributed by atoms with E-state index in [9.17, 15) is 70.9 Å². The maximum absolute atomic E-state index is 13.6. The van der Waals surface area contributed by atoms with Gasteiger partial charge in [0, 0.05) is 38.0 Å². The van der Waals surface area contributed by atoms with Crippen molar-refractivity contribution in [3.05, 3.63) is 85.1 Å². The molecule has 0 aliphatic carbocycles. The van der Waals surface area contributed by atoms with E-state index in [1.54, 1.807) is 85.9 Å². The number of nitrogens with two attached hydrogens (primary N) is 1. The number of aliphatic hydroxyl groups excluding tert-OH is 11. The summed E-state index contributed by atoms with van der Waals surface area (Å²) in [5.74, 6) is -5.68. The molecule has 17 atom stereocenters. The van der Waals surface area contributed by atoms with Crippen LogP contribution in [0, 0.1) is 11.8 Å². The minimum Gasteiger partial charge on any atom is -0.462 e. The number of ether oxygens (including phenoxy) is 4.